The molecule has 6 heteroatoms. The molecule has 0 saturated carbocycles. The van der Waals surface area contributed by atoms with Crippen molar-refractivity contribution in [3.63, 3.8) is 0 Å². The lowest BCUT2D eigenvalue weighted by Crippen LogP contribution is -2.02. The molecule has 0 aliphatic heterocycles. The molecule has 2 N–H and O–H groups in total. The van der Waals surface area contributed by atoms with Crippen LogP contribution in [-0.2, 0) is 13.5 Å². The first-order valence-corrected chi connectivity index (χ1v) is 7.14. The van der Waals surface area contributed by atoms with Crippen molar-refractivity contribution in [2.45, 2.75) is 13.3 Å². The number of benzene rings is 1. The van der Waals surface area contributed by atoms with Gasteiger partial charge in [-0.15, -0.1) is 0 Å². The van der Waals surface area contributed by atoms with Crippen molar-refractivity contribution >= 4 is 39.6 Å². The van der Waals surface area contributed by atoms with E-state index in [0.29, 0.717) is 5.95 Å². The van der Waals surface area contributed by atoms with Crippen LogP contribution < -0.4 is 5.73 Å². The van der Waals surface area contributed by atoms with E-state index in [2.05, 4.69) is 45.7 Å². The number of fused-ring (bicyclic) bond motifs is 1. The minimum atomic E-state index is 0.500. The summed E-state index contributed by atoms with van der Waals surface area (Å²) in [6.07, 6.45) is 2.84. The van der Waals surface area contributed by atoms with Crippen LogP contribution in [-0.4, -0.2) is 19.3 Å². The second-order valence-electron chi connectivity index (χ2n) is 4.43. The Kier molecular flexibility index (Phi) is 2.96. The van der Waals surface area contributed by atoms with Gasteiger partial charge in [0.15, 0.2) is 0 Å². The van der Waals surface area contributed by atoms with Crippen LogP contribution in [0.5, 0.6) is 0 Å². The van der Waals surface area contributed by atoms with Gasteiger partial charge in [-0.1, -0.05) is 6.92 Å². The summed E-state index contributed by atoms with van der Waals surface area (Å²) in [7, 11) is 1.92. The van der Waals surface area contributed by atoms with Crippen molar-refractivity contribution in [1.82, 2.24) is 19.3 Å². The molecule has 0 aliphatic carbocycles. The number of imidazole rings is 1. The van der Waals surface area contributed by atoms with Crippen molar-refractivity contribution in [3.8, 4) is 5.69 Å². The zero-order valence-electron chi connectivity index (χ0n) is 10.8. The first kappa shape index (κ1) is 12.5. The van der Waals surface area contributed by atoms with Gasteiger partial charge < -0.3 is 5.73 Å². The maximum atomic E-state index is 6.08. The van der Waals surface area contributed by atoms with E-state index in [1.165, 1.54) is 0 Å². The number of nitrogens with two attached hydrogens (primary N) is 1. The Morgan fingerprint density at radius 2 is 2.16 bits per heavy atom. The fourth-order valence-corrected chi connectivity index (χ4v) is 2.76. The van der Waals surface area contributed by atoms with Crippen molar-refractivity contribution in [1.29, 1.82) is 0 Å². The van der Waals surface area contributed by atoms with Gasteiger partial charge in [0.2, 0.25) is 5.95 Å². The van der Waals surface area contributed by atoms with Gasteiger partial charge in [0.05, 0.1) is 22.4 Å². The summed E-state index contributed by atoms with van der Waals surface area (Å²) in [4.78, 5) is 4.43. The average Bonchev–Trinajstić information content (AvgIpc) is 2.87. The topological polar surface area (TPSA) is 61.7 Å². The van der Waals surface area contributed by atoms with Crippen molar-refractivity contribution < 1.29 is 0 Å². The van der Waals surface area contributed by atoms with E-state index in [1.54, 1.807) is 0 Å². The van der Waals surface area contributed by atoms with E-state index in [1.807, 2.05) is 34.6 Å². The molecule has 0 unspecified atom stereocenters. The van der Waals surface area contributed by atoms with Gasteiger partial charge in [-0.05, 0) is 47.2 Å². The van der Waals surface area contributed by atoms with Crippen LogP contribution >= 0.6 is 22.6 Å². The molecule has 3 rings (SSSR count). The Morgan fingerprint density at radius 3 is 2.89 bits per heavy atom. The number of nitrogen functional groups attached to an aromatic ring is 1. The van der Waals surface area contributed by atoms with Crippen LogP contribution in [0.1, 0.15) is 12.6 Å². The Balaban J connectivity index is 2.32. The molecule has 0 fully saturated rings. The molecular formula is C13H14IN5. The lowest BCUT2D eigenvalue weighted by Gasteiger charge is -2.05. The summed E-state index contributed by atoms with van der Waals surface area (Å²) in [5, 5.41) is 4.46. The minimum Gasteiger partial charge on any atom is -0.369 e. The van der Waals surface area contributed by atoms with Crippen LogP contribution in [0.25, 0.3) is 16.7 Å². The molecule has 1 aromatic carbocycles. The SMILES string of the molecule is CCc1nn(C)cc1-n1c(N)nc2cc(I)ccc21. The average molecular weight is 367 g/mol. The van der Waals surface area contributed by atoms with E-state index in [-0.39, 0.29) is 0 Å². The highest BCUT2D eigenvalue weighted by molar-refractivity contribution is 14.1. The molecular weight excluding hydrogens is 353 g/mol. The third-order valence-corrected chi connectivity index (χ3v) is 3.77. The number of aromatic nitrogens is 4. The first-order valence-electron chi connectivity index (χ1n) is 6.06. The Morgan fingerprint density at radius 1 is 1.37 bits per heavy atom. The number of hydrogen-bond acceptors (Lipinski definition) is 3. The van der Waals surface area contributed by atoms with Crippen LogP contribution in [0, 0.1) is 3.57 Å². The molecule has 2 heterocycles. The molecule has 0 bridgehead atoms. The van der Waals surface area contributed by atoms with Gasteiger partial charge in [-0.25, -0.2) is 4.98 Å². The van der Waals surface area contributed by atoms with Gasteiger partial charge >= 0.3 is 0 Å². The number of nitrogens with zero attached hydrogens (tertiary/aromatic N) is 4. The Labute approximate surface area is 124 Å². The molecule has 19 heavy (non-hydrogen) atoms. The summed E-state index contributed by atoms with van der Waals surface area (Å²) < 4.78 is 4.93. The van der Waals surface area contributed by atoms with Crippen LogP contribution in [0.15, 0.2) is 24.4 Å². The summed E-state index contributed by atoms with van der Waals surface area (Å²) in [5.74, 6) is 0.500. The number of hydrogen-bond donors (Lipinski definition) is 1. The third-order valence-electron chi connectivity index (χ3n) is 3.10. The fourth-order valence-electron chi connectivity index (χ4n) is 2.29. The fraction of sp³-hybridized carbons (Fsp3) is 0.231. The lowest BCUT2D eigenvalue weighted by atomic mass is 10.2. The standard InChI is InChI=1S/C13H14IN5/c1-3-9-12(7-18(2)17-9)19-11-5-4-8(14)6-10(11)16-13(19)15/h4-7H,3H2,1-2H3,(H2,15,16). The molecule has 0 amide bonds. The second kappa shape index (κ2) is 4.52. The largest absolute Gasteiger partial charge is 0.369 e. The zero-order chi connectivity index (χ0) is 13.6. The quantitative estimate of drug-likeness (QED) is 0.708. The maximum absolute atomic E-state index is 6.08. The summed E-state index contributed by atoms with van der Waals surface area (Å²) in [6, 6.07) is 6.14. The molecule has 5 nitrogen and oxygen atoms in total. The monoisotopic (exact) mass is 367 g/mol. The molecule has 2 aromatic heterocycles. The van der Waals surface area contributed by atoms with Gasteiger partial charge in [0.25, 0.3) is 0 Å². The van der Waals surface area contributed by atoms with Gasteiger partial charge in [0.1, 0.15) is 0 Å². The molecule has 0 saturated heterocycles. The highest BCUT2D eigenvalue weighted by Crippen LogP contribution is 2.26. The smallest absolute Gasteiger partial charge is 0.206 e. The van der Waals surface area contributed by atoms with Crippen LogP contribution in [0.4, 0.5) is 5.95 Å². The van der Waals surface area contributed by atoms with Crippen molar-refractivity contribution in [2.75, 3.05) is 5.73 Å². The van der Waals surface area contributed by atoms with Crippen LogP contribution in [0.3, 0.4) is 0 Å². The van der Waals surface area contributed by atoms with E-state index in [9.17, 15) is 0 Å². The summed E-state index contributed by atoms with van der Waals surface area (Å²) >= 11 is 2.28. The van der Waals surface area contributed by atoms with E-state index in [0.717, 1.165) is 32.4 Å². The number of rotatable bonds is 2. The second-order valence-corrected chi connectivity index (χ2v) is 5.67. The predicted octanol–water partition coefficient (Wildman–Crippen LogP) is 2.51. The maximum Gasteiger partial charge on any atom is 0.206 e. The van der Waals surface area contributed by atoms with Crippen LogP contribution in [0.2, 0.25) is 0 Å². The number of aryl methyl sites for hydroxylation is 2. The highest BCUT2D eigenvalue weighted by Gasteiger charge is 2.15. The van der Waals surface area contributed by atoms with Gasteiger partial charge in [-0.2, -0.15) is 5.10 Å². The third kappa shape index (κ3) is 1.99. The van der Waals surface area contributed by atoms with Crippen molar-refractivity contribution in [2.24, 2.45) is 7.05 Å². The first-order chi connectivity index (χ1) is 9.10. The molecule has 98 valence electrons. The Bertz CT molecular complexity index is 756. The van der Waals surface area contributed by atoms with E-state index in [4.69, 9.17) is 5.73 Å². The summed E-state index contributed by atoms with van der Waals surface area (Å²) in [5.41, 5.74) is 10.0. The highest BCUT2D eigenvalue weighted by atomic mass is 127. The van der Waals surface area contributed by atoms with E-state index >= 15 is 0 Å². The molecule has 0 aliphatic rings. The lowest BCUT2D eigenvalue weighted by molar-refractivity contribution is 0.746. The van der Waals surface area contributed by atoms with E-state index < -0.39 is 0 Å². The number of anilines is 1. The summed E-state index contributed by atoms with van der Waals surface area (Å²) in [6.45, 7) is 2.09. The Hall–Kier alpha value is -1.57. The molecule has 0 atom stereocenters. The molecule has 0 radical (unpaired) electrons. The normalized spacial score (nSPS) is 11.3. The zero-order valence-corrected chi connectivity index (χ0v) is 12.9. The predicted molar refractivity (Wildman–Crippen MR) is 84.3 cm³/mol. The minimum absolute atomic E-state index is 0.500. The van der Waals surface area contributed by atoms with Gasteiger partial charge in [0, 0.05) is 16.8 Å². The molecule has 0 spiro atoms. The molecule has 3 aromatic rings. The van der Waals surface area contributed by atoms with Crippen molar-refractivity contribution in [3.05, 3.63) is 33.7 Å². The number of halogens is 1. The van der Waals surface area contributed by atoms with Gasteiger partial charge in [-0.3, -0.25) is 9.25 Å².